The van der Waals surface area contributed by atoms with E-state index in [1.807, 2.05) is 36.7 Å². The molecule has 68 heavy (non-hydrogen) atoms. The van der Waals surface area contributed by atoms with Gasteiger partial charge < -0.3 is 25.0 Å². The molecule has 4 unspecified atom stereocenters. The van der Waals surface area contributed by atoms with E-state index in [2.05, 4.69) is 63.7 Å². The number of aromatic nitrogens is 2. The average molecular weight is 952 g/mol. The van der Waals surface area contributed by atoms with Crippen molar-refractivity contribution in [3.05, 3.63) is 130 Å². The van der Waals surface area contributed by atoms with Crippen LogP contribution >= 0.6 is 11.6 Å². The molecule has 4 atom stereocenters. The van der Waals surface area contributed by atoms with E-state index in [-0.39, 0.29) is 44.1 Å². The Bertz CT molecular complexity index is 2240. The summed E-state index contributed by atoms with van der Waals surface area (Å²) in [5.41, 5.74) is 9.49. The molecular formula is C53H67ClN6O8. The number of hydrogen-bond acceptors (Lipinski definition) is 10. The SMILES string of the molecule is C.ClC1c2ccccc2CCc2cccnc21.O=C(O)C1CN(C2c3ccccc3CCc3cccnc32)CCN1C(=O)OC1CCCCC1.O=C(O)C1CNCCN1C(=O)OC1CCCCC1. The zero-order valence-corrected chi connectivity index (χ0v) is 38.9. The molecule has 4 fully saturated rings. The summed E-state index contributed by atoms with van der Waals surface area (Å²) in [6.07, 6.45) is 16.6. The maximum absolute atomic E-state index is 12.9. The van der Waals surface area contributed by atoms with Crippen LogP contribution in [-0.4, -0.2) is 123 Å². The van der Waals surface area contributed by atoms with Gasteiger partial charge in [0, 0.05) is 51.7 Å². The number of rotatable bonds is 5. The minimum absolute atomic E-state index is 0. The molecule has 0 radical (unpaired) electrons. The highest BCUT2D eigenvalue weighted by molar-refractivity contribution is 6.22. The van der Waals surface area contributed by atoms with Crippen molar-refractivity contribution in [3.63, 3.8) is 0 Å². The molecule has 2 amide bonds. The molecule has 10 rings (SSSR count). The Balaban J connectivity index is 0.000000165. The van der Waals surface area contributed by atoms with Crippen LogP contribution in [0.3, 0.4) is 0 Å². The number of carbonyl (C=O) groups is 4. The van der Waals surface area contributed by atoms with Gasteiger partial charge in [-0.05, 0) is 123 Å². The fourth-order valence-electron chi connectivity index (χ4n) is 10.4. The summed E-state index contributed by atoms with van der Waals surface area (Å²) in [5, 5.41) is 22.0. The molecule has 2 aromatic heterocycles. The summed E-state index contributed by atoms with van der Waals surface area (Å²) in [6, 6.07) is 23.1. The van der Waals surface area contributed by atoms with Crippen molar-refractivity contribution < 1.29 is 38.9 Å². The monoisotopic (exact) mass is 950 g/mol. The second-order valence-corrected chi connectivity index (χ2v) is 18.8. The van der Waals surface area contributed by atoms with Crippen molar-refractivity contribution in [2.45, 2.75) is 133 Å². The molecule has 15 heteroatoms. The number of aliphatic carboxylic acids is 2. The number of fused-ring (bicyclic) bond motifs is 4. The maximum atomic E-state index is 12.9. The summed E-state index contributed by atoms with van der Waals surface area (Å²) in [6.45, 7) is 2.42. The molecule has 6 aliphatic rings. The van der Waals surface area contributed by atoms with Crippen molar-refractivity contribution in [2.24, 2.45) is 0 Å². The molecular weight excluding hydrogens is 884 g/mol. The first-order chi connectivity index (χ1) is 32.7. The number of ether oxygens (including phenoxy) is 2. The van der Waals surface area contributed by atoms with E-state index in [1.165, 1.54) is 56.0 Å². The molecule has 2 aromatic carbocycles. The van der Waals surface area contributed by atoms with Gasteiger partial charge in [-0.25, -0.2) is 19.2 Å². The van der Waals surface area contributed by atoms with Crippen LogP contribution in [0.15, 0.2) is 85.2 Å². The topological polar surface area (TPSA) is 175 Å². The lowest BCUT2D eigenvalue weighted by Crippen LogP contribution is -2.59. The van der Waals surface area contributed by atoms with Gasteiger partial charge in [0.2, 0.25) is 0 Å². The van der Waals surface area contributed by atoms with Gasteiger partial charge in [0.15, 0.2) is 0 Å². The Morgan fingerprint density at radius 1 is 0.588 bits per heavy atom. The molecule has 0 spiro atoms. The summed E-state index contributed by atoms with van der Waals surface area (Å²) in [5.74, 6) is -1.98. The number of halogens is 1. The third-order valence-electron chi connectivity index (χ3n) is 14.1. The van der Waals surface area contributed by atoms with Gasteiger partial charge in [0.25, 0.3) is 0 Å². The van der Waals surface area contributed by atoms with Crippen LogP contribution in [-0.2, 0) is 44.7 Å². The van der Waals surface area contributed by atoms with Crippen LogP contribution in [0.5, 0.6) is 0 Å². The first-order valence-electron chi connectivity index (χ1n) is 24.2. The van der Waals surface area contributed by atoms with Crippen LogP contribution in [0, 0.1) is 0 Å². The fraction of sp³-hybridized carbons (Fsp3) is 0.509. The second kappa shape index (κ2) is 24.1. The molecule has 3 N–H and O–H groups in total. The van der Waals surface area contributed by atoms with E-state index in [1.54, 1.807) is 0 Å². The summed E-state index contributed by atoms with van der Waals surface area (Å²) in [4.78, 5) is 62.3. The normalized spacial score (nSPS) is 22.7. The predicted molar refractivity (Wildman–Crippen MR) is 260 cm³/mol. The summed E-state index contributed by atoms with van der Waals surface area (Å²) in [7, 11) is 0. The van der Waals surface area contributed by atoms with Gasteiger partial charge >= 0.3 is 24.1 Å². The van der Waals surface area contributed by atoms with Gasteiger partial charge in [-0.1, -0.05) is 80.9 Å². The van der Waals surface area contributed by atoms with E-state index >= 15 is 0 Å². The number of nitrogens with zero attached hydrogens (tertiary/aromatic N) is 5. The quantitative estimate of drug-likeness (QED) is 0.163. The number of aryl methyl sites for hydroxylation is 4. The van der Waals surface area contributed by atoms with E-state index in [0.717, 1.165) is 88.4 Å². The van der Waals surface area contributed by atoms with Crippen LogP contribution < -0.4 is 5.32 Å². The van der Waals surface area contributed by atoms with Crippen LogP contribution in [0.4, 0.5) is 9.59 Å². The minimum Gasteiger partial charge on any atom is -0.480 e. The van der Waals surface area contributed by atoms with Gasteiger partial charge in [-0.15, -0.1) is 11.6 Å². The number of nitrogens with one attached hydrogen (secondary N) is 1. The highest BCUT2D eigenvalue weighted by Gasteiger charge is 2.41. The van der Waals surface area contributed by atoms with Crippen LogP contribution in [0.2, 0.25) is 0 Å². The molecule has 4 aliphatic carbocycles. The van der Waals surface area contributed by atoms with Crippen molar-refractivity contribution in [1.29, 1.82) is 0 Å². The molecule has 4 heterocycles. The lowest BCUT2D eigenvalue weighted by molar-refractivity contribution is -0.146. The summed E-state index contributed by atoms with van der Waals surface area (Å²) >= 11 is 6.52. The number of benzene rings is 2. The van der Waals surface area contributed by atoms with Gasteiger partial charge in [-0.3, -0.25) is 24.7 Å². The smallest absolute Gasteiger partial charge is 0.410 e. The summed E-state index contributed by atoms with van der Waals surface area (Å²) < 4.78 is 11.1. The van der Waals surface area contributed by atoms with Gasteiger partial charge in [0.1, 0.15) is 29.7 Å². The van der Waals surface area contributed by atoms with Gasteiger partial charge in [-0.2, -0.15) is 0 Å². The van der Waals surface area contributed by atoms with E-state index < -0.39 is 36.2 Å². The number of alkyl halides is 1. The first kappa shape index (κ1) is 50.3. The molecule has 14 nitrogen and oxygen atoms in total. The number of carbonyl (C=O) groups excluding carboxylic acids is 2. The Morgan fingerprint density at radius 3 is 1.66 bits per heavy atom. The van der Waals surface area contributed by atoms with Gasteiger partial charge in [0.05, 0.1) is 17.4 Å². The first-order valence-corrected chi connectivity index (χ1v) is 24.6. The average Bonchev–Trinajstić information content (AvgIpc) is 3.62. The molecule has 2 saturated carbocycles. The Labute approximate surface area is 405 Å². The Morgan fingerprint density at radius 2 is 1.07 bits per heavy atom. The zero-order chi connectivity index (χ0) is 46.7. The predicted octanol–water partition coefficient (Wildman–Crippen LogP) is 8.77. The lowest BCUT2D eigenvalue weighted by atomic mass is 9.95. The van der Waals surface area contributed by atoms with Crippen LogP contribution in [0.1, 0.15) is 128 Å². The fourth-order valence-corrected chi connectivity index (χ4v) is 10.8. The standard InChI is InChI=1S/C26H31N3O4.C14H12ClN.C12H20N2O4.CH4/c30-25(31)22-17-28(15-16-29(22)26(32)33-20-9-2-1-3-10-20)24-21-11-5-4-7-18(21)12-13-19-8-6-14-27-23(19)24;15-13-12-6-2-1-4-10(12)7-8-11-5-3-9-16-14(11)13;15-11(16)10-8-13-6-7-14(10)12(17)18-9-4-2-1-3-5-9;/h4-8,11,14,20,22,24H,1-3,9-10,12-13,15-17H2,(H,30,31);1-6,9,13H,7-8H2;9-10,13H,1-8H2,(H,15,16);1H4. The highest BCUT2D eigenvalue weighted by Crippen LogP contribution is 2.38. The number of carboxylic acids is 2. The Kier molecular flexibility index (Phi) is 17.8. The van der Waals surface area contributed by atoms with Crippen LogP contribution in [0.25, 0.3) is 0 Å². The lowest BCUT2D eigenvalue weighted by Gasteiger charge is -2.42. The van der Waals surface area contributed by atoms with Crippen molar-refractivity contribution in [1.82, 2.24) is 30.0 Å². The molecule has 4 aromatic rings. The van der Waals surface area contributed by atoms with Crippen molar-refractivity contribution in [2.75, 3.05) is 39.3 Å². The molecule has 0 bridgehead atoms. The number of pyridine rings is 2. The second-order valence-electron chi connectivity index (χ2n) is 18.3. The van der Waals surface area contributed by atoms with E-state index in [9.17, 15) is 24.3 Å². The molecule has 2 saturated heterocycles. The number of piperazine rings is 2. The number of hydrogen-bond donors (Lipinski definition) is 3. The molecule has 364 valence electrons. The molecule has 2 aliphatic heterocycles. The maximum Gasteiger partial charge on any atom is 0.410 e. The minimum atomic E-state index is -0.997. The zero-order valence-electron chi connectivity index (χ0n) is 38.1. The van der Waals surface area contributed by atoms with E-state index in [4.69, 9.17) is 31.2 Å². The van der Waals surface area contributed by atoms with E-state index in [0.29, 0.717) is 26.2 Å². The third-order valence-corrected chi connectivity index (χ3v) is 14.5. The highest BCUT2D eigenvalue weighted by atomic mass is 35.5. The number of amides is 2. The largest absolute Gasteiger partial charge is 0.480 e. The third kappa shape index (κ3) is 12.2. The van der Waals surface area contributed by atoms with Crippen molar-refractivity contribution in [3.8, 4) is 0 Å². The number of carboxylic acid groups (broad SMARTS) is 2. The Hall–Kier alpha value is -5.57. The van der Waals surface area contributed by atoms with Crippen molar-refractivity contribution >= 4 is 35.7 Å².